The molecule has 3 N–H and O–H groups in total. The number of hydrogen-bond donors (Lipinski definition) is 2. The SMILES string of the molecule is CCCCCCCCCNOCC(N)=O. The molecule has 4 heteroatoms. The molecule has 0 aromatic heterocycles. The molecule has 0 bridgehead atoms. The Bertz CT molecular complexity index is 152. The van der Waals surface area contributed by atoms with Gasteiger partial charge in [0.05, 0.1) is 0 Å². The summed E-state index contributed by atoms with van der Waals surface area (Å²) < 4.78 is 0. The number of unbranched alkanes of at least 4 members (excludes halogenated alkanes) is 6. The highest BCUT2D eigenvalue weighted by Crippen LogP contribution is 2.06. The smallest absolute Gasteiger partial charge is 0.245 e. The standard InChI is InChI=1S/C11H24N2O2/c1-2-3-4-5-6-7-8-9-13-15-10-11(12)14/h13H,2-10H2,1H3,(H2,12,14). The second kappa shape index (κ2) is 11.5. The Hall–Kier alpha value is -0.610. The molecule has 90 valence electrons. The van der Waals surface area contributed by atoms with Gasteiger partial charge in [0.15, 0.2) is 0 Å². The number of nitrogens with one attached hydrogen (secondary N) is 1. The van der Waals surface area contributed by atoms with E-state index in [9.17, 15) is 4.79 Å². The van der Waals surface area contributed by atoms with Gasteiger partial charge in [-0.05, 0) is 6.42 Å². The summed E-state index contributed by atoms with van der Waals surface area (Å²) in [6, 6.07) is 0. The van der Waals surface area contributed by atoms with Crippen LogP contribution < -0.4 is 11.2 Å². The molecule has 0 aliphatic rings. The molecule has 0 aromatic carbocycles. The molecule has 0 aliphatic heterocycles. The molecule has 0 fully saturated rings. The van der Waals surface area contributed by atoms with Crippen LogP contribution >= 0.6 is 0 Å². The lowest BCUT2D eigenvalue weighted by molar-refractivity contribution is -0.125. The number of primary amides is 1. The third-order valence-electron chi connectivity index (χ3n) is 2.20. The van der Waals surface area contributed by atoms with E-state index < -0.39 is 5.91 Å². The van der Waals surface area contributed by atoms with Crippen molar-refractivity contribution in [3.05, 3.63) is 0 Å². The largest absolute Gasteiger partial charge is 0.368 e. The molecule has 0 spiro atoms. The van der Waals surface area contributed by atoms with Crippen molar-refractivity contribution in [1.29, 1.82) is 0 Å². The van der Waals surface area contributed by atoms with Gasteiger partial charge >= 0.3 is 0 Å². The molecule has 0 heterocycles. The first-order valence-corrected chi connectivity index (χ1v) is 5.90. The molecule has 0 rings (SSSR count). The minimum atomic E-state index is -0.443. The number of nitrogens with two attached hydrogens (primary N) is 1. The molecule has 0 saturated heterocycles. The normalized spacial score (nSPS) is 10.5. The molecule has 0 atom stereocenters. The second-order valence-electron chi connectivity index (χ2n) is 3.77. The fourth-order valence-corrected chi connectivity index (χ4v) is 1.35. The maximum Gasteiger partial charge on any atom is 0.245 e. The molecule has 0 aromatic rings. The van der Waals surface area contributed by atoms with E-state index >= 15 is 0 Å². The van der Waals surface area contributed by atoms with Crippen LogP contribution in [0, 0.1) is 0 Å². The molecule has 0 unspecified atom stereocenters. The van der Waals surface area contributed by atoms with Crippen molar-refractivity contribution >= 4 is 5.91 Å². The molecule has 4 nitrogen and oxygen atoms in total. The molecule has 0 aliphatic carbocycles. The van der Waals surface area contributed by atoms with Gasteiger partial charge in [-0.3, -0.25) is 9.63 Å². The molecule has 1 amide bonds. The second-order valence-corrected chi connectivity index (χ2v) is 3.77. The van der Waals surface area contributed by atoms with Crippen LogP contribution in [0.25, 0.3) is 0 Å². The third-order valence-corrected chi connectivity index (χ3v) is 2.20. The maximum atomic E-state index is 10.3. The van der Waals surface area contributed by atoms with Gasteiger partial charge in [-0.25, -0.2) is 5.48 Å². The average molecular weight is 216 g/mol. The van der Waals surface area contributed by atoms with Crippen LogP contribution in [-0.2, 0) is 9.63 Å². The lowest BCUT2D eigenvalue weighted by Gasteiger charge is -2.03. The highest BCUT2D eigenvalue weighted by molar-refractivity contribution is 5.74. The number of hydroxylamine groups is 1. The van der Waals surface area contributed by atoms with Crippen molar-refractivity contribution in [2.75, 3.05) is 13.2 Å². The lowest BCUT2D eigenvalue weighted by Crippen LogP contribution is -2.25. The Morgan fingerprint density at radius 1 is 1.13 bits per heavy atom. The Morgan fingerprint density at radius 3 is 2.33 bits per heavy atom. The van der Waals surface area contributed by atoms with Crippen LogP contribution in [0.4, 0.5) is 0 Å². The average Bonchev–Trinajstić information content (AvgIpc) is 2.20. The van der Waals surface area contributed by atoms with Gasteiger partial charge in [0, 0.05) is 6.54 Å². The van der Waals surface area contributed by atoms with E-state index in [1.807, 2.05) is 0 Å². The van der Waals surface area contributed by atoms with E-state index in [1.165, 1.54) is 38.5 Å². The highest BCUT2D eigenvalue weighted by atomic mass is 16.6. The number of hydrogen-bond acceptors (Lipinski definition) is 3. The quantitative estimate of drug-likeness (QED) is 0.408. The number of carbonyl (C=O) groups excluding carboxylic acids is 1. The minimum absolute atomic E-state index is 0.0451. The van der Waals surface area contributed by atoms with Crippen LogP contribution in [0.15, 0.2) is 0 Å². The molecule has 0 radical (unpaired) electrons. The van der Waals surface area contributed by atoms with Gasteiger partial charge < -0.3 is 5.73 Å². The van der Waals surface area contributed by atoms with Gasteiger partial charge in [0.25, 0.3) is 0 Å². The van der Waals surface area contributed by atoms with Gasteiger partial charge in [-0.1, -0.05) is 45.4 Å². The first-order valence-electron chi connectivity index (χ1n) is 5.90. The van der Waals surface area contributed by atoms with Gasteiger partial charge in [0.2, 0.25) is 5.91 Å². The fraction of sp³-hybridized carbons (Fsp3) is 0.909. The molecular weight excluding hydrogens is 192 g/mol. The maximum absolute atomic E-state index is 10.3. The summed E-state index contributed by atoms with van der Waals surface area (Å²) in [6.07, 6.45) is 8.92. The number of carbonyl (C=O) groups is 1. The summed E-state index contributed by atoms with van der Waals surface area (Å²) in [5.41, 5.74) is 7.62. The summed E-state index contributed by atoms with van der Waals surface area (Å²) in [5, 5.41) is 0. The summed E-state index contributed by atoms with van der Waals surface area (Å²) >= 11 is 0. The molecular formula is C11H24N2O2. The van der Waals surface area contributed by atoms with Crippen molar-refractivity contribution < 1.29 is 9.63 Å². The Kier molecular flexibility index (Phi) is 11.0. The zero-order valence-corrected chi connectivity index (χ0v) is 9.76. The van der Waals surface area contributed by atoms with E-state index in [0.717, 1.165) is 13.0 Å². The Labute approximate surface area is 92.5 Å². The van der Waals surface area contributed by atoms with Gasteiger partial charge in [-0.2, -0.15) is 0 Å². The zero-order chi connectivity index (χ0) is 11.4. The van der Waals surface area contributed by atoms with Gasteiger partial charge in [-0.15, -0.1) is 0 Å². The van der Waals surface area contributed by atoms with Crippen molar-refractivity contribution in [2.24, 2.45) is 5.73 Å². The predicted molar refractivity (Wildman–Crippen MR) is 61.1 cm³/mol. The minimum Gasteiger partial charge on any atom is -0.368 e. The van der Waals surface area contributed by atoms with Crippen molar-refractivity contribution in [1.82, 2.24) is 5.48 Å². The van der Waals surface area contributed by atoms with E-state index in [4.69, 9.17) is 10.6 Å². The summed E-state index contributed by atoms with van der Waals surface area (Å²) in [6.45, 7) is 2.97. The summed E-state index contributed by atoms with van der Waals surface area (Å²) in [4.78, 5) is 15.1. The Morgan fingerprint density at radius 2 is 1.73 bits per heavy atom. The van der Waals surface area contributed by atoms with Crippen LogP contribution in [0.5, 0.6) is 0 Å². The van der Waals surface area contributed by atoms with Crippen LogP contribution in [0.3, 0.4) is 0 Å². The van der Waals surface area contributed by atoms with Crippen molar-refractivity contribution in [2.45, 2.75) is 51.9 Å². The number of amides is 1. The van der Waals surface area contributed by atoms with E-state index in [1.54, 1.807) is 0 Å². The van der Waals surface area contributed by atoms with Crippen molar-refractivity contribution in [3.8, 4) is 0 Å². The predicted octanol–water partition coefficient (Wildman–Crippen LogP) is 1.74. The van der Waals surface area contributed by atoms with Gasteiger partial charge in [0.1, 0.15) is 6.61 Å². The molecule has 15 heavy (non-hydrogen) atoms. The zero-order valence-electron chi connectivity index (χ0n) is 9.76. The number of rotatable bonds is 11. The van der Waals surface area contributed by atoms with Crippen molar-refractivity contribution in [3.63, 3.8) is 0 Å². The first kappa shape index (κ1) is 14.4. The molecule has 0 saturated carbocycles. The highest BCUT2D eigenvalue weighted by Gasteiger charge is 1.93. The van der Waals surface area contributed by atoms with Crippen LogP contribution in [0.1, 0.15) is 51.9 Å². The van der Waals surface area contributed by atoms with Crippen LogP contribution in [-0.4, -0.2) is 19.1 Å². The summed E-state index contributed by atoms with van der Waals surface area (Å²) in [5.74, 6) is -0.443. The topological polar surface area (TPSA) is 64.3 Å². The van der Waals surface area contributed by atoms with E-state index in [0.29, 0.717) is 0 Å². The first-order chi connectivity index (χ1) is 7.27. The van der Waals surface area contributed by atoms with E-state index in [2.05, 4.69) is 12.4 Å². The lowest BCUT2D eigenvalue weighted by atomic mass is 10.1. The fourth-order valence-electron chi connectivity index (χ4n) is 1.35. The summed E-state index contributed by atoms with van der Waals surface area (Å²) in [7, 11) is 0. The third kappa shape index (κ3) is 13.4. The Balaban J connectivity index is 2.89. The monoisotopic (exact) mass is 216 g/mol. The van der Waals surface area contributed by atoms with Crippen LogP contribution in [0.2, 0.25) is 0 Å². The van der Waals surface area contributed by atoms with E-state index in [-0.39, 0.29) is 6.61 Å².